The molecule has 2 aromatic carbocycles. The van der Waals surface area contributed by atoms with Gasteiger partial charge in [-0.05, 0) is 24.3 Å². The van der Waals surface area contributed by atoms with Gasteiger partial charge in [0, 0.05) is 0 Å². The average Bonchev–Trinajstić information content (AvgIpc) is 2.45. The summed E-state index contributed by atoms with van der Waals surface area (Å²) in [6, 6.07) is 9.70. The van der Waals surface area contributed by atoms with Gasteiger partial charge >= 0.3 is 0 Å². The van der Waals surface area contributed by atoms with E-state index in [-0.39, 0.29) is 5.56 Å². The topological polar surface area (TPSA) is 75.3 Å². The van der Waals surface area contributed by atoms with E-state index >= 15 is 0 Å². The first kappa shape index (κ1) is 15.1. The molecule has 5 nitrogen and oxygen atoms in total. The molecule has 8 heteroatoms. The van der Waals surface area contributed by atoms with E-state index < -0.39 is 32.5 Å². The van der Waals surface area contributed by atoms with Gasteiger partial charge in [0.15, 0.2) is 0 Å². The lowest BCUT2D eigenvalue weighted by Gasteiger charge is -2.09. The van der Waals surface area contributed by atoms with Crippen molar-refractivity contribution < 1.29 is 22.0 Å². The van der Waals surface area contributed by atoms with E-state index in [1.165, 1.54) is 30.3 Å². The first-order valence-electron chi connectivity index (χ1n) is 5.73. The quantitative estimate of drug-likeness (QED) is 0.842. The number of carbonyl (C=O) groups is 1. The summed E-state index contributed by atoms with van der Waals surface area (Å²) in [5, 5.41) is 0. The van der Waals surface area contributed by atoms with Crippen LogP contribution in [0.25, 0.3) is 0 Å². The normalized spacial score (nSPS) is 11.1. The van der Waals surface area contributed by atoms with E-state index in [4.69, 9.17) is 0 Å². The summed E-state index contributed by atoms with van der Waals surface area (Å²) in [7, 11) is -4.29. The molecule has 0 bridgehead atoms. The number of hydrogen-bond donors (Lipinski definition) is 2. The smallest absolute Gasteiger partial charge is 0.269 e. The predicted octanol–water partition coefficient (Wildman–Crippen LogP) is 1.59. The standard InChI is InChI=1S/C13H10F2N2O3S/c14-10-6-2-1-5-9(10)13(18)16-17-21(19,20)12-8-4-3-7-11(12)15/h1-8,17H,(H,16,18). The molecular formula is C13H10F2N2O3S. The SMILES string of the molecule is O=C(NNS(=O)(=O)c1ccccc1F)c1ccccc1F. The highest BCUT2D eigenvalue weighted by atomic mass is 32.2. The third-order valence-corrected chi connectivity index (χ3v) is 3.82. The fourth-order valence-electron chi connectivity index (χ4n) is 1.54. The molecule has 0 aliphatic carbocycles. The highest BCUT2D eigenvalue weighted by Gasteiger charge is 2.20. The van der Waals surface area contributed by atoms with Gasteiger partial charge in [-0.3, -0.25) is 10.2 Å². The van der Waals surface area contributed by atoms with E-state index in [9.17, 15) is 22.0 Å². The van der Waals surface area contributed by atoms with Crippen molar-refractivity contribution in [1.29, 1.82) is 0 Å². The number of hydrogen-bond acceptors (Lipinski definition) is 3. The molecule has 2 aromatic rings. The Kier molecular flexibility index (Phi) is 4.29. The second-order valence-electron chi connectivity index (χ2n) is 3.97. The maximum atomic E-state index is 13.4. The van der Waals surface area contributed by atoms with Crippen LogP contribution in [-0.2, 0) is 10.0 Å². The van der Waals surface area contributed by atoms with Crippen LogP contribution in [0.5, 0.6) is 0 Å². The van der Waals surface area contributed by atoms with E-state index in [2.05, 4.69) is 0 Å². The van der Waals surface area contributed by atoms with Gasteiger partial charge in [0.25, 0.3) is 15.9 Å². The molecule has 0 saturated heterocycles. The molecule has 0 atom stereocenters. The van der Waals surface area contributed by atoms with Gasteiger partial charge in [0.05, 0.1) is 5.56 Å². The molecule has 2 N–H and O–H groups in total. The zero-order valence-electron chi connectivity index (χ0n) is 10.5. The summed E-state index contributed by atoms with van der Waals surface area (Å²) < 4.78 is 50.4. The maximum Gasteiger partial charge on any atom is 0.269 e. The molecule has 1 amide bonds. The number of nitrogens with one attached hydrogen (secondary N) is 2. The zero-order valence-corrected chi connectivity index (χ0v) is 11.3. The van der Waals surface area contributed by atoms with Crippen molar-refractivity contribution in [3.8, 4) is 0 Å². The molecule has 110 valence electrons. The van der Waals surface area contributed by atoms with Gasteiger partial charge in [-0.15, -0.1) is 4.83 Å². The summed E-state index contributed by atoms with van der Waals surface area (Å²) in [6.45, 7) is 0. The fraction of sp³-hybridized carbons (Fsp3) is 0. The first-order valence-corrected chi connectivity index (χ1v) is 7.21. The van der Waals surface area contributed by atoms with E-state index in [1.807, 2.05) is 5.43 Å². The number of rotatable bonds is 4. The van der Waals surface area contributed by atoms with E-state index in [0.29, 0.717) is 0 Å². The third kappa shape index (κ3) is 3.41. The summed E-state index contributed by atoms with van der Waals surface area (Å²) in [5.41, 5.74) is 1.48. The van der Waals surface area contributed by atoms with E-state index in [0.717, 1.165) is 18.2 Å². The van der Waals surface area contributed by atoms with Gasteiger partial charge in [0.1, 0.15) is 16.5 Å². The van der Waals surface area contributed by atoms with Crippen LogP contribution in [0.15, 0.2) is 53.4 Å². The van der Waals surface area contributed by atoms with Crippen LogP contribution in [0.3, 0.4) is 0 Å². The maximum absolute atomic E-state index is 13.4. The minimum absolute atomic E-state index is 0.339. The Morgan fingerprint density at radius 3 is 2.10 bits per heavy atom. The molecule has 0 radical (unpaired) electrons. The van der Waals surface area contributed by atoms with Crippen LogP contribution < -0.4 is 10.3 Å². The van der Waals surface area contributed by atoms with Crippen molar-refractivity contribution in [3.05, 3.63) is 65.7 Å². The van der Waals surface area contributed by atoms with Crippen molar-refractivity contribution in [2.75, 3.05) is 0 Å². The lowest BCUT2D eigenvalue weighted by molar-refractivity contribution is 0.0941. The minimum Gasteiger partial charge on any atom is -0.273 e. The number of hydrazine groups is 1. The Morgan fingerprint density at radius 1 is 0.905 bits per heavy atom. The van der Waals surface area contributed by atoms with Crippen LogP contribution in [-0.4, -0.2) is 14.3 Å². The Balaban J connectivity index is 2.15. The molecule has 0 heterocycles. The molecule has 2 rings (SSSR count). The third-order valence-electron chi connectivity index (χ3n) is 2.54. The number of sulfonamides is 1. The second kappa shape index (κ2) is 5.98. The highest BCUT2D eigenvalue weighted by Crippen LogP contribution is 2.12. The first-order chi connectivity index (χ1) is 9.92. The average molecular weight is 312 g/mol. The predicted molar refractivity (Wildman–Crippen MR) is 70.6 cm³/mol. The van der Waals surface area contributed by atoms with Crippen LogP contribution in [0.1, 0.15) is 10.4 Å². The lowest BCUT2D eigenvalue weighted by atomic mass is 10.2. The second-order valence-corrected chi connectivity index (χ2v) is 5.62. The van der Waals surface area contributed by atoms with Gasteiger partial charge in [-0.2, -0.15) is 0 Å². The monoisotopic (exact) mass is 312 g/mol. The summed E-state index contributed by atoms with van der Waals surface area (Å²) in [5.74, 6) is -2.77. The molecule has 0 spiro atoms. The number of benzene rings is 2. The fourth-order valence-corrected chi connectivity index (χ4v) is 2.46. The van der Waals surface area contributed by atoms with Crippen LogP contribution in [0, 0.1) is 11.6 Å². The molecule has 0 aromatic heterocycles. The molecule has 0 saturated carbocycles. The lowest BCUT2D eigenvalue weighted by Crippen LogP contribution is -2.42. The van der Waals surface area contributed by atoms with Crippen molar-refractivity contribution in [1.82, 2.24) is 10.3 Å². The van der Waals surface area contributed by atoms with Gasteiger partial charge in [-0.1, -0.05) is 24.3 Å². The Bertz CT molecular complexity index is 778. The summed E-state index contributed by atoms with van der Waals surface area (Å²) >= 11 is 0. The van der Waals surface area contributed by atoms with Gasteiger partial charge in [0.2, 0.25) is 0 Å². The number of carbonyl (C=O) groups excluding carboxylic acids is 1. The van der Waals surface area contributed by atoms with Crippen molar-refractivity contribution in [2.24, 2.45) is 0 Å². The zero-order chi connectivity index (χ0) is 15.5. The number of halogens is 2. The Morgan fingerprint density at radius 2 is 1.48 bits per heavy atom. The van der Waals surface area contributed by atoms with Crippen LogP contribution in [0.4, 0.5) is 8.78 Å². The van der Waals surface area contributed by atoms with Gasteiger partial charge in [-0.25, -0.2) is 17.2 Å². The van der Waals surface area contributed by atoms with E-state index in [1.54, 1.807) is 4.83 Å². The Labute approximate surface area is 119 Å². The largest absolute Gasteiger partial charge is 0.273 e. The molecule has 0 fully saturated rings. The molecular weight excluding hydrogens is 302 g/mol. The molecule has 0 aliphatic heterocycles. The molecule has 0 aliphatic rings. The Hall–Kier alpha value is -2.32. The van der Waals surface area contributed by atoms with Crippen molar-refractivity contribution in [2.45, 2.75) is 4.90 Å². The van der Waals surface area contributed by atoms with Crippen molar-refractivity contribution in [3.63, 3.8) is 0 Å². The summed E-state index contributed by atoms with van der Waals surface area (Å²) in [6.07, 6.45) is 0. The van der Waals surface area contributed by atoms with Crippen LogP contribution in [0.2, 0.25) is 0 Å². The number of amides is 1. The van der Waals surface area contributed by atoms with Gasteiger partial charge < -0.3 is 0 Å². The minimum atomic E-state index is -4.29. The summed E-state index contributed by atoms with van der Waals surface area (Å²) in [4.78, 5) is 12.7. The van der Waals surface area contributed by atoms with Crippen LogP contribution >= 0.6 is 0 Å². The highest BCUT2D eigenvalue weighted by molar-refractivity contribution is 7.89. The molecule has 21 heavy (non-hydrogen) atoms. The molecule has 0 unspecified atom stereocenters. The van der Waals surface area contributed by atoms with Crippen molar-refractivity contribution >= 4 is 15.9 Å².